The molecule has 58 valence electrons. The number of hydrogen-bond donors (Lipinski definition) is 2. The van der Waals surface area contributed by atoms with E-state index in [1.54, 1.807) is 24.6 Å². The molecule has 0 radical (unpaired) electrons. The standard InChI is InChI=1S/C7H8N2O2/c10-7(11)5-6-8-3-1-2-4-9-6/h1-4H,5H2,(H,8,9)(H,10,11). The van der Waals surface area contributed by atoms with Crippen molar-refractivity contribution in [1.29, 1.82) is 0 Å². The maximum atomic E-state index is 10.2. The van der Waals surface area contributed by atoms with E-state index in [0.29, 0.717) is 5.84 Å². The lowest BCUT2D eigenvalue weighted by Gasteiger charge is -1.98. The van der Waals surface area contributed by atoms with E-state index in [1.165, 1.54) is 0 Å². The van der Waals surface area contributed by atoms with E-state index in [2.05, 4.69) is 10.3 Å². The van der Waals surface area contributed by atoms with Crippen LogP contribution < -0.4 is 5.32 Å². The third kappa shape index (κ3) is 2.66. The molecule has 11 heavy (non-hydrogen) atoms. The van der Waals surface area contributed by atoms with E-state index in [4.69, 9.17) is 5.11 Å². The summed E-state index contributed by atoms with van der Waals surface area (Å²) in [6.45, 7) is 0. The van der Waals surface area contributed by atoms with Crippen LogP contribution in [0.4, 0.5) is 0 Å². The average molecular weight is 152 g/mol. The Bertz CT molecular complexity index is 241. The molecule has 0 aromatic rings. The Morgan fingerprint density at radius 2 is 2.45 bits per heavy atom. The van der Waals surface area contributed by atoms with Crippen LogP contribution in [0.15, 0.2) is 29.5 Å². The van der Waals surface area contributed by atoms with E-state index in [0.717, 1.165) is 0 Å². The monoisotopic (exact) mass is 152 g/mol. The number of amidine groups is 1. The highest BCUT2D eigenvalue weighted by molar-refractivity contribution is 5.97. The van der Waals surface area contributed by atoms with Gasteiger partial charge in [-0.2, -0.15) is 0 Å². The summed E-state index contributed by atoms with van der Waals surface area (Å²) >= 11 is 0. The largest absolute Gasteiger partial charge is 0.481 e. The number of nitrogens with one attached hydrogen (secondary N) is 1. The molecule has 4 heteroatoms. The van der Waals surface area contributed by atoms with E-state index in [-0.39, 0.29) is 6.42 Å². The highest BCUT2D eigenvalue weighted by atomic mass is 16.4. The third-order valence-corrected chi connectivity index (χ3v) is 1.09. The summed E-state index contributed by atoms with van der Waals surface area (Å²) in [5.74, 6) is -0.442. The van der Waals surface area contributed by atoms with Gasteiger partial charge in [0, 0.05) is 12.4 Å². The summed E-state index contributed by atoms with van der Waals surface area (Å²) in [5, 5.41) is 11.1. The Balaban J connectivity index is 2.57. The highest BCUT2D eigenvalue weighted by Crippen LogP contribution is 1.90. The zero-order chi connectivity index (χ0) is 8.10. The first-order chi connectivity index (χ1) is 5.29. The highest BCUT2D eigenvalue weighted by Gasteiger charge is 2.02. The van der Waals surface area contributed by atoms with Gasteiger partial charge in [0.15, 0.2) is 0 Å². The first-order valence-corrected chi connectivity index (χ1v) is 3.16. The molecule has 0 saturated heterocycles. The molecular weight excluding hydrogens is 144 g/mol. The van der Waals surface area contributed by atoms with Gasteiger partial charge in [-0.3, -0.25) is 4.79 Å². The minimum atomic E-state index is -0.889. The number of hydrogen-bond acceptors (Lipinski definition) is 3. The maximum absolute atomic E-state index is 10.2. The van der Waals surface area contributed by atoms with Crippen molar-refractivity contribution in [2.75, 3.05) is 0 Å². The van der Waals surface area contributed by atoms with E-state index < -0.39 is 5.97 Å². The number of aliphatic imine (C=N–C) groups is 1. The van der Waals surface area contributed by atoms with Crippen molar-refractivity contribution in [2.24, 2.45) is 4.99 Å². The van der Waals surface area contributed by atoms with Crippen LogP contribution >= 0.6 is 0 Å². The molecular formula is C7H8N2O2. The molecule has 0 fully saturated rings. The second kappa shape index (κ2) is 3.55. The van der Waals surface area contributed by atoms with E-state index >= 15 is 0 Å². The summed E-state index contributed by atoms with van der Waals surface area (Å²) in [4.78, 5) is 14.1. The topological polar surface area (TPSA) is 61.7 Å². The summed E-state index contributed by atoms with van der Waals surface area (Å²) in [7, 11) is 0. The summed E-state index contributed by atoms with van der Waals surface area (Å²) in [5.41, 5.74) is 0. The fourth-order valence-electron chi connectivity index (χ4n) is 0.660. The van der Waals surface area contributed by atoms with Gasteiger partial charge in [-0.05, 0) is 12.2 Å². The lowest BCUT2D eigenvalue weighted by Crippen LogP contribution is -2.20. The zero-order valence-electron chi connectivity index (χ0n) is 5.82. The smallest absolute Gasteiger partial charge is 0.311 e. The van der Waals surface area contributed by atoms with E-state index in [9.17, 15) is 4.79 Å². The van der Waals surface area contributed by atoms with Crippen LogP contribution in [0.2, 0.25) is 0 Å². The Hall–Kier alpha value is -1.58. The van der Waals surface area contributed by atoms with Crippen molar-refractivity contribution >= 4 is 11.8 Å². The molecule has 1 aliphatic heterocycles. The van der Waals surface area contributed by atoms with Gasteiger partial charge in [0.25, 0.3) is 0 Å². The number of allylic oxidation sites excluding steroid dienone is 2. The zero-order valence-corrected chi connectivity index (χ0v) is 5.82. The van der Waals surface area contributed by atoms with Crippen LogP contribution in [-0.2, 0) is 4.79 Å². The molecule has 0 atom stereocenters. The summed E-state index contributed by atoms with van der Waals surface area (Å²) in [6, 6.07) is 0. The number of rotatable bonds is 2. The van der Waals surface area contributed by atoms with Crippen LogP contribution in [0, 0.1) is 0 Å². The van der Waals surface area contributed by atoms with Gasteiger partial charge in [0.05, 0.1) is 0 Å². The number of aliphatic carboxylic acids is 1. The van der Waals surface area contributed by atoms with Gasteiger partial charge in [0.1, 0.15) is 12.3 Å². The van der Waals surface area contributed by atoms with Crippen molar-refractivity contribution in [1.82, 2.24) is 5.32 Å². The molecule has 0 spiro atoms. The Labute approximate surface area is 63.9 Å². The van der Waals surface area contributed by atoms with Gasteiger partial charge in [0.2, 0.25) is 0 Å². The number of carboxylic acid groups (broad SMARTS) is 1. The van der Waals surface area contributed by atoms with Gasteiger partial charge in [-0.25, -0.2) is 4.99 Å². The Morgan fingerprint density at radius 3 is 3.18 bits per heavy atom. The van der Waals surface area contributed by atoms with Crippen molar-refractivity contribution in [2.45, 2.75) is 6.42 Å². The van der Waals surface area contributed by atoms with Crippen molar-refractivity contribution in [3.8, 4) is 0 Å². The molecule has 2 N–H and O–H groups in total. The molecule has 0 saturated carbocycles. The van der Waals surface area contributed by atoms with Crippen LogP contribution in [0.5, 0.6) is 0 Å². The number of carbonyl (C=O) groups is 1. The molecule has 0 amide bonds. The van der Waals surface area contributed by atoms with Crippen LogP contribution in [0.25, 0.3) is 0 Å². The Morgan fingerprint density at radius 1 is 1.64 bits per heavy atom. The second-order valence-electron chi connectivity index (χ2n) is 1.99. The van der Waals surface area contributed by atoms with E-state index in [1.807, 2.05) is 0 Å². The molecule has 1 rings (SSSR count). The normalized spacial score (nSPS) is 15.1. The summed E-state index contributed by atoms with van der Waals surface area (Å²) in [6.07, 6.45) is 6.59. The Kier molecular flexibility index (Phi) is 2.43. The third-order valence-electron chi connectivity index (χ3n) is 1.09. The molecule has 1 heterocycles. The van der Waals surface area contributed by atoms with Crippen molar-refractivity contribution < 1.29 is 9.90 Å². The van der Waals surface area contributed by atoms with Gasteiger partial charge >= 0.3 is 5.97 Å². The van der Waals surface area contributed by atoms with Gasteiger partial charge < -0.3 is 10.4 Å². The van der Waals surface area contributed by atoms with Gasteiger partial charge in [-0.1, -0.05) is 0 Å². The second-order valence-corrected chi connectivity index (χ2v) is 1.99. The van der Waals surface area contributed by atoms with Crippen LogP contribution in [-0.4, -0.2) is 16.9 Å². The SMILES string of the molecule is O=C(O)CC1=NC=CC=CN1. The minimum Gasteiger partial charge on any atom is -0.481 e. The minimum absolute atomic E-state index is 0.0747. The molecule has 0 aromatic heterocycles. The molecule has 0 aliphatic carbocycles. The first-order valence-electron chi connectivity index (χ1n) is 3.16. The quantitative estimate of drug-likeness (QED) is 0.605. The molecule has 0 bridgehead atoms. The fourth-order valence-corrected chi connectivity index (χ4v) is 0.660. The van der Waals surface area contributed by atoms with Gasteiger partial charge in [-0.15, -0.1) is 0 Å². The van der Waals surface area contributed by atoms with Crippen molar-refractivity contribution in [3.05, 3.63) is 24.6 Å². The van der Waals surface area contributed by atoms with Crippen LogP contribution in [0.3, 0.4) is 0 Å². The summed E-state index contributed by atoms with van der Waals surface area (Å²) < 4.78 is 0. The molecule has 0 aromatic carbocycles. The molecule has 0 unspecified atom stereocenters. The lowest BCUT2D eigenvalue weighted by molar-refractivity contribution is -0.135. The maximum Gasteiger partial charge on any atom is 0.311 e. The lowest BCUT2D eigenvalue weighted by atomic mass is 10.4. The number of carboxylic acids is 1. The van der Waals surface area contributed by atoms with Crippen molar-refractivity contribution in [3.63, 3.8) is 0 Å². The molecule has 1 aliphatic rings. The first kappa shape index (κ1) is 7.53. The number of nitrogens with zero attached hydrogens (tertiary/aromatic N) is 1. The van der Waals surface area contributed by atoms with Crippen LogP contribution in [0.1, 0.15) is 6.42 Å². The predicted octanol–water partition coefficient (Wildman–Crippen LogP) is 0.490. The molecule has 4 nitrogen and oxygen atoms in total. The predicted molar refractivity (Wildman–Crippen MR) is 41.1 cm³/mol. The average Bonchev–Trinajstić information content (AvgIpc) is 2.14. The fraction of sp³-hybridized carbons (Fsp3) is 0.143.